The van der Waals surface area contributed by atoms with Gasteiger partial charge in [-0.05, 0) is 48.0 Å². The molecule has 1 heterocycles. The van der Waals surface area contributed by atoms with Crippen LogP contribution in [0.5, 0.6) is 11.5 Å². The van der Waals surface area contributed by atoms with Crippen LogP contribution in [0, 0.1) is 10.1 Å². The molecule has 0 saturated heterocycles. The monoisotopic (exact) mass is 344 g/mol. The Kier molecular flexibility index (Phi) is 4.21. The van der Waals surface area contributed by atoms with Gasteiger partial charge in [0.15, 0.2) is 5.82 Å². The van der Waals surface area contributed by atoms with Gasteiger partial charge in [0.1, 0.15) is 11.5 Å². The first-order valence-corrected chi connectivity index (χ1v) is 7.06. The molecule has 3 rings (SSSR count). The summed E-state index contributed by atoms with van der Waals surface area (Å²) in [6, 6.07) is 12.4. The Morgan fingerprint density at radius 2 is 1.58 bits per heavy atom. The number of nitro benzene ring substituents is 1. The van der Waals surface area contributed by atoms with Crippen molar-refractivity contribution in [3.63, 3.8) is 0 Å². The number of rotatable bonds is 4. The van der Waals surface area contributed by atoms with Gasteiger partial charge < -0.3 is 4.74 Å². The van der Waals surface area contributed by atoms with E-state index in [4.69, 9.17) is 16.3 Å². The third-order valence-corrected chi connectivity index (χ3v) is 3.20. The van der Waals surface area contributed by atoms with Crippen LogP contribution in [0.1, 0.15) is 0 Å². The Balaban J connectivity index is 1.79. The lowest BCUT2D eigenvalue weighted by molar-refractivity contribution is -0.384. The number of ether oxygens (including phenoxy) is 1. The highest BCUT2D eigenvalue weighted by atomic mass is 35.5. The van der Waals surface area contributed by atoms with Crippen molar-refractivity contribution in [3.05, 3.63) is 74.4 Å². The molecule has 1 N–H and O–H groups in total. The third kappa shape index (κ3) is 3.55. The highest BCUT2D eigenvalue weighted by molar-refractivity contribution is 6.28. The number of halogens is 1. The second-order valence-electron chi connectivity index (χ2n) is 4.65. The number of H-pyrrole nitrogens is 1. The number of hydrogen-bond donors (Lipinski definition) is 1. The number of hydrogen-bond acceptors (Lipinski definition) is 6. The number of aromatic amines is 1. The lowest BCUT2D eigenvalue weighted by Gasteiger charge is -2.06. The summed E-state index contributed by atoms with van der Waals surface area (Å²) < 4.78 is 5.59. The van der Waals surface area contributed by atoms with Crippen molar-refractivity contribution in [2.24, 2.45) is 0 Å². The van der Waals surface area contributed by atoms with E-state index < -0.39 is 10.6 Å². The second kappa shape index (κ2) is 6.47. The fourth-order valence-electron chi connectivity index (χ4n) is 1.93. The van der Waals surface area contributed by atoms with Crippen LogP contribution < -0.4 is 10.4 Å². The summed E-state index contributed by atoms with van der Waals surface area (Å²) in [7, 11) is 0. The first-order valence-electron chi connectivity index (χ1n) is 6.68. The number of benzene rings is 2. The number of nitro groups is 1. The van der Waals surface area contributed by atoms with E-state index in [1.54, 1.807) is 24.3 Å². The molecule has 9 heteroatoms. The molecule has 0 aliphatic rings. The van der Waals surface area contributed by atoms with E-state index in [0.717, 1.165) is 0 Å². The summed E-state index contributed by atoms with van der Waals surface area (Å²) in [5, 5.41) is 10.6. The van der Waals surface area contributed by atoms with Gasteiger partial charge in [0.2, 0.25) is 5.28 Å². The Morgan fingerprint density at radius 3 is 2.12 bits per heavy atom. The molecule has 0 radical (unpaired) electrons. The zero-order chi connectivity index (χ0) is 17.1. The van der Waals surface area contributed by atoms with E-state index in [9.17, 15) is 14.9 Å². The van der Waals surface area contributed by atoms with Gasteiger partial charge in [0, 0.05) is 17.7 Å². The van der Waals surface area contributed by atoms with E-state index in [1.807, 2.05) is 0 Å². The lowest BCUT2D eigenvalue weighted by Crippen LogP contribution is -2.12. The summed E-state index contributed by atoms with van der Waals surface area (Å²) in [5.74, 6) is 1.18. The van der Waals surface area contributed by atoms with E-state index in [2.05, 4.69) is 15.0 Å². The van der Waals surface area contributed by atoms with Crippen molar-refractivity contribution >= 4 is 17.3 Å². The molecule has 0 atom stereocenters. The summed E-state index contributed by atoms with van der Waals surface area (Å²) >= 11 is 5.69. The first-order chi connectivity index (χ1) is 11.5. The van der Waals surface area contributed by atoms with Gasteiger partial charge in [-0.15, -0.1) is 0 Å². The Bertz CT molecular complexity index is 939. The molecular formula is C15H9ClN4O4. The molecular weight excluding hydrogens is 336 g/mol. The van der Waals surface area contributed by atoms with Crippen LogP contribution in [0.25, 0.3) is 11.4 Å². The van der Waals surface area contributed by atoms with Crippen molar-refractivity contribution in [1.82, 2.24) is 15.0 Å². The van der Waals surface area contributed by atoms with E-state index in [-0.39, 0.29) is 16.8 Å². The van der Waals surface area contributed by atoms with Gasteiger partial charge in [0.25, 0.3) is 5.69 Å². The number of non-ortho nitro benzene ring substituents is 1. The molecule has 0 unspecified atom stereocenters. The molecule has 1 aromatic heterocycles. The molecule has 0 saturated carbocycles. The maximum absolute atomic E-state index is 11.3. The minimum Gasteiger partial charge on any atom is -0.457 e. The van der Waals surface area contributed by atoms with Crippen LogP contribution in [0.2, 0.25) is 5.28 Å². The average Bonchev–Trinajstić information content (AvgIpc) is 2.55. The SMILES string of the molecule is O=c1nc(-c2ccc(Oc3ccc([N+](=O)[O-])cc3)cc2)nc(Cl)[nH]1. The average molecular weight is 345 g/mol. The second-order valence-corrected chi connectivity index (χ2v) is 5.00. The maximum atomic E-state index is 11.3. The summed E-state index contributed by atoms with van der Waals surface area (Å²) in [6.07, 6.45) is 0. The van der Waals surface area contributed by atoms with E-state index >= 15 is 0 Å². The molecule has 24 heavy (non-hydrogen) atoms. The summed E-state index contributed by atoms with van der Waals surface area (Å²) in [6.45, 7) is 0. The van der Waals surface area contributed by atoms with Gasteiger partial charge in [-0.2, -0.15) is 9.97 Å². The highest BCUT2D eigenvalue weighted by Crippen LogP contribution is 2.25. The zero-order valence-corrected chi connectivity index (χ0v) is 12.7. The molecule has 0 aliphatic carbocycles. The van der Waals surface area contributed by atoms with Crippen LogP contribution in [0.4, 0.5) is 5.69 Å². The van der Waals surface area contributed by atoms with Crippen LogP contribution >= 0.6 is 11.6 Å². The molecule has 3 aromatic rings. The van der Waals surface area contributed by atoms with Crippen LogP contribution in [-0.2, 0) is 0 Å². The topological polar surface area (TPSA) is 111 Å². The van der Waals surface area contributed by atoms with Crippen LogP contribution in [0.15, 0.2) is 53.3 Å². The summed E-state index contributed by atoms with van der Waals surface area (Å²) in [4.78, 5) is 31.4. The zero-order valence-electron chi connectivity index (χ0n) is 12.0. The normalized spacial score (nSPS) is 10.4. The van der Waals surface area contributed by atoms with Gasteiger partial charge in [0.05, 0.1) is 4.92 Å². The van der Waals surface area contributed by atoms with Crippen LogP contribution in [0.3, 0.4) is 0 Å². The Morgan fingerprint density at radius 1 is 1.00 bits per heavy atom. The third-order valence-electron chi connectivity index (χ3n) is 3.02. The number of aromatic nitrogens is 3. The van der Waals surface area contributed by atoms with Crippen LogP contribution in [-0.4, -0.2) is 19.9 Å². The quantitative estimate of drug-likeness (QED) is 0.574. The van der Waals surface area contributed by atoms with Gasteiger partial charge in [-0.3, -0.25) is 15.1 Å². The molecule has 0 fully saturated rings. The number of nitrogens with one attached hydrogen (secondary N) is 1. The molecule has 120 valence electrons. The molecule has 0 bridgehead atoms. The van der Waals surface area contributed by atoms with E-state index in [0.29, 0.717) is 17.1 Å². The minimum atomic E-state index is -0.587. The Labute approximate surface area is 139 Å². The van der Waals surface area contributed by atoms with E-state index in [1.165, 1.54) is 24.3 Å². The molecule has 0 amide bonds. The fourth-order valence-corrected chi connectivity index (χ4v) is 2.09. The number of nitrogens with zero attached hydrogens (tertiary/aromatic N) is 3. The standard InChI is InChI=1S/C15H9ClN4O4/c16-14-17-13(18-15(21)19-14)9-1-5-11(6-2-9)24-12-7-3-10(4-8-12)20(22)23/h1-8H,(H,17,18,19,21). The highest BCUT2D eigenvalue weighted by Gasteiger charge is 2.07. The van der Waals surface area contributed by atoms with Crippen molar-refractivity contribution < 1.29 is 9.66 Å². The summed E-state index contributed by atoms with van der Waals surface area (Å²) in [5.41, 5.74) is -0.00344. The molecule has 0 aliphatic heterocycles. The van der Waals surface area contributed by atoms with Gasteiger partial charge in [-0.1, -0.05) is 0 Å². The minimum absolute atomic E-state index is 0.0129. The lowest BCUT2D eigenvalue weighted by atomic mass is 10.2. The smallest absolute Gasteiger partial charge is 0.349 e. The van der Waals surface area contributed by atoms with Crippen molar-refractivity contribution in [2.75, 3.05) is 0 Å². The van der Waals surface area contributed by atoms with Gasteiger partial charge in [-0.25, -0.2) is 4.79 Å². The predicted molar refractivity (Wildman–Crippen MR) is 86.3 cm³/mol. The van der Waals surface area contributed by atoms with Gasteiger partial charge >= 0.3 is 5.69 Å². The maximum Gasteiger partial charge on any atom is 0.349 e. The Hall–Kier alpha value is -3.26. The molecule has 8 nitrogen and oxygen atoms in total. The molecule has 0 spiro atoms. The van der Waals surface area contributed by atoms with Crippen molar-refractivity contribution in [1.29, 1.82) is 0 Å². The first kappa shape index (κ1) is 15.6. The predicted octanol–water partition coefficient (Wildman–Crippen LogP) is 3.19. The van der Waals surface area contributed by atoms with Crippen molar-refractivity contribution in [2.45, 2.75) is 0 Å². The largest absolute Gasteiger partial charge is 0.457 e. The van der Waals surface area contributed by atoms with Crippen molar-refractivity contribution in [3.8, 4) is 22.9 Å². The molecule has 2 aromatic carbocycles. The fraction of sp³-hybridized carbons (Fsp3) is 0.